The van der Waals surface area contributed by atoms with E-state index in [0.717, 1.165) is 0 Å². The summed E-state index contributed by atoms with van der Waals surface area (Å²) in [6.07, 6.45) is 0. The van der Waals surface area contributed by atoms with Crippen LogP contribution in [0.5, 0.6) is 0 Å². The summed E-state index contributed by atoms with van der Waals surface area (Å²) >= 11 is 1.35. The van der Waals surface area contributed by atoms with Crippen molar-refractivity contribution >= 4 is 34.5 Å². The van der Waals surface area contributed by atoms with Gasteiger partial charge in [0.1, 0.15) is 0 Å². The van der Waals surface area contributed by atoms with E-state index < -0.39 is 5.97 Å². The second-order valence-electron chi connectivity index (χ2n) is 3.52. The third-order valence-corrected chi connectivity index (χ3v) is 3.22. The highest BCUT2D eigenvalue weighted by atomic mass is 32.2. The molecular formula is C11H10N2O3S. The summed E-state index contributed by atoms with van der Waals surface area (Å²) in [4.78, 5) is 26.1. The van der Waals surface area contributed by atoms with Crippen LogP contribution in [0.3, 0.4) is 0 Å². The van der Waals surface area contributed by atoms with E-state index in [4.69, 9.17) is 5.11 Å². The number of carboxylic acids is 1. The van der Waals surface area contributed by atoms with Crippen molar-refractivity contribution in [2.24, 2.45) is 4.99 Å². The van der Waals surface area contributed by atoms with Gasteiger partial charge in [0.05, 0.1) is 16.5 Å². The number of amides is 1. The van der Waals surface area contributed by atoms with Crippen molar-refractivity contribution in [2.75, 3.05) is 0 Å². The van der Waals surface area contributed by atoms with Crippen molar-refractivity contribution in [3.63, 3.8) is 0 Å². The van der Waals surface area contributed by atoms with E-state index in [9.17, 15) is 9.59 Å². The average molecular weight is 250 g/mol. The Labute approximate surface area is 102 Å². The van der Waals surface area contributed by atoms with E-state index in [0.29, 0.717) is 10.9 Å². The monoisotopic (exact) mass is 250 g/mol. The Kier molecular flexibility index (Phi) is 3.14. The number of rotatable bonds is 2. The Balaban J connectivity index is 2.17. The molecule has 1 aromatic rings. The fraction of sp³-hybridized carbons (Fsp3) is 0.182. The van der Waals surface area contributed by atoms with E-state index >= 15 is 0 Å². The van der Waals surface area contributed by atoms with Crippen molar-refractivity contribution in [2.45, 2.75) is 12.2 Å². The van der Waals surface area contributed by atoms with Crippen LogP contribution in [0.2, 0.25) is 0 Å². The number of amidine groups is 1. The van der Waals surface area contributed by atoms with E-state index in [-0.39, 0.29) is 16.7 Å². The molecule has 88 valence electrons. The van der Waals surface area contributed by atoms with Crippen molar-refractivity contribution < 1.29 is 14.7 Å². The van der Waals surface area contributed by atoms with Crippen molar-refractivity contribution in [3.8, 4) is 0 Å². The number of nitrogens with zero attached hydrogens (tertiary/aromatic N) is 1. The number of carboxylic acid groups (broad SMARTS) is 1. The second kappa shape index (κ2) is 4.58. The lowest BCUT2D eigenvalue weighted by atomic mass is 10.2. The average Bonchev–Trinajstić information content (AvgIpc) is 2.58. The van der Waals surface area contributed by atoms with Crippen molar-refractivity contribution in [1.29, 1.82) is 0 Å². The molecule has 6 heteroatoms. The molecule has 5 nitrogen and oxygen atoms in total. The van der Waals surface area contributed by atoms with Crippen LogP contribution in [-0.4, -0.2) is 27.4 Å². The van der Waals surface area contributed by atoms with Crippen LogP contribution in [0.1, 0.15) is 17.3 Å². The summed E-state index contributed by atoms with van der Waals surface area (Å²) in [7, 11) is 0. The largest absolute Gasteiger partial charge is 0.478 e. The van der Waals surface area contributed by atoms with Crippen LogP contribution in [0.15, 0.2) is 29.3 Å². The molecule has 17 heavy (non-hydrogen) atoms. The molecule has 1 fully saturated rings. The highest BCUT2D eigenvalue weighted by molar-refractivity contribution is 8.15. The Morgan fingerprint density at radius 3 is 2.53 bits per heavy atom. The first-order chi connectivity index (χ1) is 8.06. The molecule has 0 aliphatic carbocycles. The minimum Gasteiger partial charge on any atom is -0.478 e. The summed E-state index contributed by atoms with van der Waals surface area (Å²) in [5.41, 5.74) is 0.831. The Hall–Kier alpha value is -1.82. The van der Waals surface area contributed by atoms with Crippen LogP contribution in [0.4, 0.5) is 5.69 Å². The van der Waals surface area contributed by atoms with Gasteiger partial charge in [-0.3, -0.25) is 4.79 Å². The molecule has 0 spiro atoms. The Bertz CT molecular complexity index is 496. The number of benzene rings is 1. The molecule has 1 heterocycles. The first-order valence-electron chi connectivity index (χ1n) is 4.96. The van der Waals surface area contributed by atoms with Gasteiger partial charge < -0.3 is 10.4 Å². The molecule has 1 amide bonds. The molecule has 1 aliphatic heterocycles. The zero-order chi connectivity index (χ0) is 12.4. The first kappa shape index (κ1) is 11.7. The lowest BCUT2D eigenvalue weighted by Gasteiger charge is -1.98. The van der Waals surface area contributed by atoms with E-state index in [1.54, 1.807) is 19.1 Å². The number of hydrogen-bond acceptors (Lipinski definition) is 4. The standard InChI is InChI=1S/C11H10N2O3S/c1-6-9(14)13-11(17-6)12-8-4-2-7(3-5-8)10(15)16/h2-6H,1H3,(H,15,16)(H,12,13,14)/t6-/m1/s1. The van der Waals surface area contributed by atoms with Crippen LogP contribution < -0.4 is 5.32 Å². The van der Waals surface area contributed by atoms with Crippen molar-refractivity contribution in [1.82, 2.24) is 5.32 Å². The Morgan fingerprint density at radius 1 is 1.41 bits per heavy atom. The van der Waals surface area contributed by atoms with Gasteiger partial charge in [-0.05, 0) is 31.2 Å². The molecule has 1 aromatic carbocycles. The zero-order valence-corrected chi connectivity index (χ0v) is 9.82. The van der Waals surface area contributed by atoms with E-state index in [1.807, 2.05) is 0 Å². The van der Waals surface area contributed by atoms with Crippen LogP contribution in [0.25, 0.3) is 0 Å². The van der Waals surface area contributed by atoms with Crippen LogP contribution in [0, 0.1) is 0 Å². The summed E-state index contributed by atoms with van der Waals surface area (Å²) in [6.45, 7) is 1.80. The third-order valence-electron chi connectivity index (χ3n) is 2.23. The van der Waals surface area contributed by atoms with Crippen LogP contribution in [-0.2, 0) is 4.79 Å². The van der Waals surface area contributed by atoms with Gasteiger partial charge in [0.25, 0.3) is 0 Å². The molecule has 0 aromatic heterocycles. The number of aliphatic imine (C=N–C) groups is 1. The molecule has 1 atom stereocenters. The van der Waals surface area contributed by atoms with Gasteiger partial charge in [0, 0.05) is 0 Å². The number of carbonyl (C=O) groups excluding carboxylic acids is 1. The summed E-state index contributed by atoms with van der Waals surface area (Å²) in [5, 5.41) is 11.8. The van der Waals surface area contributed by atoms with Gasteiger partial charge in [-0.25, -0.2) is 9.79 Å². The minimum absolute atomic E-state index is 0.0593. The van der Waals surface area contributed by atoms with E-state index in [2.05, 4.69) is 10.3 Å². The maximum absolute atomic E-state index is 11.2. The summed E-state index contributed by atoms with van der Waals surface area (Å²) in [5.74, 6) is -1.03. The number of thioether (sulfide) groups is 1. The van der Waals surface area contributed by atoms with E-state index in [1.165, 1.54) is 23.9 Å². The molecule has 0 bridgehead atoms. The summed E-state index contributed by atoms with van der Waals surface area (Å²) in [6, 6.07) is 6.16. The molecular weight excluding hydrogens is 240 g/mol. The second-order valence-corrected chi connectivity index (χ2v) is 4.85. The molecule has 0 unspecified atom stereocenters. The molecule has 0 saturated carbocycles. The highest BCUT2D eigenvalue weighted by Crippen LogP contribution is 2.22. The van der Waals surface area contributed by atoms with Gasteiger partial charge in [0.2, 0.25) is 5.91 Å². The number of hydrogen-bond donors (Lipinski definition) is 2. The lowest BCUT2D eigenvalue weighted by molar-refractivity contribution is -0.118. The third kappa shape index (κ3) is 2.65. The normalized spacial score (nSPS) is 21.6. The topological polar surface area (TPSA) is 78.8 Å². The Morgan fingerprint density at radius 2 is 2.06 bits per heavy atom. The molecule has 0 radical (unpaired) electrons. The first-order valence-corrected chi connectivity index (χ1v) is 5.84. The predicted octanol–water partition coefficient (Wildman–Crippen LogP) is 1.62. The number of carbonyl (C=O) groups is 2. The zero-order valence-electron chi connectivity index (χ0n) is 9.01. The van der Waals surface area contributed by atoms with Crippen LogP contribution >= 0.6 is 11.8 Å². The van der Waals surface area contributed by atoms with Gasteiger partial charge in [-0.15, -0.1) is 0 Å². The quantitative estimate of drug-likeness (QED) is 0.836. The fourth-order valence-electron chi connectivity index (χ4n) is 1.31. The maximum Gasteiger partial charge on any atom is 0.335 e. The SMILES string of the molecule is C[C@H]1SC(=Nc2ccc(C(=O)O)cc2)NC1=O. The molecule has 2 N–H and O–H groups in total. The van der Waals surface area contributed by atoms with Crippen molar-refractivity contribution in [3.05, 3.63) is 29.8 Å². The maximum atomic E-state index is 11.2. The molecule has 1 saturated heterocycles. The van der Waals surface area contributed by atoms with Gasteiger partial charge in [-0.2, -0.15) is 0 Å². The summed E-state index contributed by atoms with van der Waals surface area (Å²) < 4.78 is 0. The van der Waals surface area contributed by atoms with Gasteiger partial charge >= 0.3 is 5.97 Å². The minimum atomic E-state index is -0.971. The molecule has 2 rings (SSSR count). The van der Waals surface area contributed by atoms with Gasteiger partial charge in [0.15, 0.2) is 5.17 Å². The fourth-order valence-corrected chi connectivity index (χ4v) is 2.13. The number of aromatic carboxylic acids is 1. The smallest absolute Gasteiger partial charge is 0.335 e. The lowest BCUT2D eigenvalue weighted by Crippen LogP contribution is -2.23. The predicted molar refractivity (Wildman–Crippen MR) is 65.7 cm³/mol. The highest BCUT2D eigenvalue weighted by Gasteiger charge is 2.25. The molecule has 1 aliphatic rings. The van der Waals surface area contributed by atoms with Gasteiger partial charge in [-0.1, -0.05) is 11.8 Å². The number of nitrogens with one attached hydrogen (secondary N) is 1.